The molecule has 0 saturated heterocycles. The van der Waals surface area contributed by atoms with Gasteiger partial charge in [-0.1, -0.05) is 0 Å². The zero-order valence-corrected chi connectivity index (χ0v) is 7.29. The van der Waals surface area contributed by atoms with Gasteiger partial charge in [-0.2, -0.15) is 0 Å². The molecule has 0 radical (unpaired) electrons. The molecule has 0 aliphatic heterocycles. The van der Waals surface area contributed by atoms with E-state index in [1.807, 2.05) is 0 Å². The summed E-state index contributed by atoms with van der Waals surface area (Å²) >= 11 is 0. The summed E-state index contributed by atoms with van der Waals surface area (Å²) in [5, 5.41) is 2.23. The van der Waals surface area contributed by atoms with Crippen molar-refractivity contribution >= 4 is 6.09 Å². The maximum Gasteiger partial charge on any atom is 0.412 e. The minimum atomic E-state index is -0.693. The summed E-state index contributed by atoms with van der Waals surface area (Å²) in [4.78, 5) is 21.9. The molecule has 13 heavy (non-hydrogen) atoms. The molecule has 0 aliphatic rings. The fraction of sp³-hybridized carbons (Fsp3) is 0.250. The van der Waals surface area contributed by atoms with Crippen LogP contribution in [0, 0.1) is 6.92 Å². The molecule has 0 atom stereocenters. The Kier molecular flexibility index (Phi) is 2.69. The molecule has 1 aromatic heterocycles. The molecule has 0 saturated carbocycles. The summed E-state index contributed by atoms with van der Waals surface area (Å²) in [6.07, 6.45) is 0.551. The molecule has 0 unspecified atom stereocenters. The van der Waals surface area contributed by atoms with Crippen LogP contribution < -0.4 is 15.5 Å². The van der Waals surface area contributed by atoms with Crippen LogP contribution in [0.5, 0.6) is 5.75 Å². The monoisotopic (exact) mass is 183 g/mol. The predicted octanol–water partition coefficient (Wildman–Crippen LogP) is 0.666. The van der Waals surface area contributed by atoms with E-state index in [-0.39, 0.29) is 16.9 Å². The molecular weight excluding hydrogens is 174 g/mol. The molecule has 1 heterocycles. The first kappa shape index (κ1) is 9.31. The lowest BCUT2D eigenvalue weighted by Crippen LogP contribution is -2.25. The highest BCUT2D eigenvalue weighted by Crippen LogP contribution is 2.10. The first-order chi connectivity index (χ1) is 6.15. The number of amides is 1. The van der Waals surface area contributed by atoms with Crippen molar-refractivity contribution in [3.8, 4) is 5.75 Å². The van der Waals surface area contributed by atoms with Crippen molar-refractivity contribution in [3.63, 3.8) is 0 Å². The summed E-state index contributed by atoms with van der Waals surface area (Å²) in [6.45, 7) is 1.54. The first-order valence-electron chi connectivity index (χ1n) is 3.63. The minimum absolute atomic E-state index is 0.0816. The number of aryl methyl sites for hydroxylation is 1. The van der Waals surface area contributed by atoms with Gasteiger partial charge >= 0.3 is 6.09 Å². The second kappa shape index (κ2) is 3.75. The third kappa shape index (κ3) is 2.08. The molecule has 0 aromatic carbocycles. The lowest BCUT2D eigenvalue weighted by molar-refractivity contribution is 0.200. The Labute approximate surface area is 74.3 Å². The quantitative estimate of drug-likeness (QED) is 0.694. The van der Waals surface area contributed by atoms with Gasteiger partial charge in [-0.25, -0.2) is 4.79 Å². The fourth-order valence-corrected chi connectivity index (χ4v) is 0.766. The van der Waals surface area contributed by atoms with Crippen LogP contribution >= 0.6 is 0 Å². The Hall–Kier alpha value is -1.78. The van der Waals surface area contributed by atoms with E-state index in [1.54, 1.807) is 6.92 Å². The molecule has 5 nitrogen and oxygen atoms in total. The topological polar surface area (TPSA) is 68.5 Å². The van der Waals surface area contributed by atoms with Crippen molar-refractivity contribution in [2.24, 2.45) is 0 Å². The van der Waals surface area contributed by atoms with Crippen LogP contribution in [0.1, 0.15) is 5.76 Å². The fourth-order valence-electron chi connectivity index (χ4n) is 0.766. The van der Waals surface area contributed by atoms with Gasteiger partial charge in [0.15, 0.2) is 0 Å². The van der Waals surface area contributed by atoms with E-state index in [1.165, 1.54) is 19.4 Å². The summed E-state index contributed by atoms with van der Waals surface area (Å²) in [5.41, 5.74) is -0.382. The summed E-state index contributed by atoms with van der Waals surface area (Å²) in [6, 6.07) is 1.19. The predicted molar refractivity (Wildman–Crippen MR) is 44.8 cm³/mol. The van der Waals surface area contributed by atoms with E-state index >= 15 is 0 Å². The second-order valence-electron chi connectivity index (χ2n) is 2.31. The molecule has 1 N–H and O–H groups in total. The second-order valence-corrected chi connectivity index (χ2v) is 2.31. The SMILES string of the molecule is CNC(=O)Oc1c(C)occc1=O. The van der Waals surface area contributed by atoms with Crippen LogP contribution in [0.15, 0.2) is 21.5 Å². The van der Waals surface area contributed by atoms with Crippen LogP contribution in [0.4, 0.5) is 4.79 Å². The average Bonchev–Trinajstić information content (AvgIpc) is 2.11. The molecule has 0 bridgehead atoms. The number of rotatable bonds is 1. The van der Waals surface area contributed by atoms with Crippen LogP contribution in [-0.4, -0.2) is 13.1 Å². The first-order valence-corrected chi connectivity index (χ1v) is 3.63. The third-order valence-corrected chi connectivity index (χ3v) is 1.41. The number of hydrogen-bond acceptors (Lipinski definition) is 4. The molecule has 0 fully saturated rings. The van der Waals surface area contributed by atoms with Gasteiger partial charge in [0.1, 0.15) is 5.76 Å². The molecule has 1 amide bonds. The highest BCUT2D eigenvalue weighted by atomic mass is 16.6. The highest BCUT2D eigenvalue weighted by Gasteiger charge is 2.09. The average molecular weight is 183 g/mol. The van der Waals surface area contributed by atoms with Crippen LogP contribution in [-0.2, 0) is 0 Å². The van der Waals surface area contributed by atoms with Crippen LogP contribution in [0.25, 0.3) is 0 Å². The van der Waals surface area contributed by atoms with E-state index in [2.05, 4.69) is 10.1 Å². The molecule has 5 heteroatoms. The van der Waals surface area contributed by atoms with Crippen molar-refractivity contribution < 1.29 is 13.9 Å². The maximum atomic E-state index is 11.1. The van der Waals surface area contributed by atoms with Gasteiger partial charge in [0, 0.05) is 13.1 Å². The van der Waals surface area contributed by atoms with E-state index < -0.39 is 6.09 Å². The Balaban J connectivity index is 3.00. The van der Waals surface area contributed by atoms with Crippen LogP contribution in [0.3, 0.4) is 0 Å². The van der Waals surface area contributed by atoms with Crippen molar-refractivity contribution in [3.05, 3.63) is 28.3 Å². The zero-order chi connectivity index (χ0) is 9.84. The molecule has 1 aromatic rings. The number of carbonyl (C=O) groups excluding carboxylic acids is 1. The van der Waals surface area contributed by atoms with Gasteiger partial charge in [-0.05, 0) is 6.92 Å². The Morgan fingerprint density at radius 1 is 1.62 bits per heavy atom. The van der Waals surface area contributed by atoms with Gasteiger partial charge in [0.25, 0.3) is 0 Å². The molecule has 0 aliphatic carbocycles. The lowest BCUT2D eigenvalue weighted by atomic mass is 10.4. The molecular formula is C8H9NO4. The van der Waals surface area contributed by atoms with Gasteiger partial charge in [0.2, 0.25) is 11.2 Å². The van der Waals surface area contributed by atoms with Crippen molar-refractivity contribution in [2.75, 3.05) is 7.05 Å². The largest absolute Gasteiger partial charge is 0.465 e. The van der Waals surface area contributed by atoms with E-state index in [0.717, 1.165) is 0 Å². The van der Waals surface area contributed by atoms with Gasteiger partial charge < -0.3 is 14.5 Å². The van der Waals surface area contributed by atoms with E-state index in [4.69, 9.17) is 4.42 Å². The van der Waals surface area contributed by atoms with E-state index in [9.17, 15) is 9.59 Å². The molecule has 70 valence electrons. The number of nitrogens with one attached hydrogen (secondary N) is 1. The molecule has 1 rings (SSSR count). The lowest BCUT2D eigenvalue weighted by Gasteiger charge is -2.03. The van der Waals surface area contributed by atoms with Gasteiger partial charge in [0.05, 0.1) is 6.26 Å². The number of carbonyl (C=O) groups is 1. The smallest absolute Gasteiger partial charge is 0.412 e. The Morgan fingerprint density at radius 2 is 2.31 bits per heavy atom. The van der Waals surface area contributed by atoms with E-state index in [0.29, 0.717) is 0 Å². The molecule has 0 spiro atoms. The van der Waals surface area contributed by atoms with Crippen LogP contribution in [0.2, 0.25) is 0 Å². The maximum absolute atomic E-state index is 11.1. The van der Waals surface area contributed by atoms with Crippen molar-refractivity contribution in [1.29, 1.82) is 0 Å². The third-order valence-electron chi connectivity index (χ3n) is 1.41. The highest BCUT2D eigenvalue weighted by molar-refractivity contribution is 5.69. The van der Waals surface area contributed by atoms with Gasteiger partial charge in [-0.3, -0.25) is 4.79 Å². The van der Waals surface area contributed by atoms with Crippen molar-refractivity contribution in [1.82, 2.24) is 5.32 Å². The normalized spacial score (nSPS) is 9.38. The summed E-state index contributed by atoms with van der Waals surface area (Å²) in [5.74, 6) is 0.193. The van der Waals surface area contributed by atoms with Gasteiger partial charge in [-0.15, -0.1) is 0 Å². The Bertz CT molecular complexity index is 369. The summed E-state index contributed by atoms with van der Waals surface area (Å²) in [7, 11) is 1.40. The standard InChI is InChI=1S/C8H9NO4/c1-5-7(13-8(11)9-2)6(10)3-4-12-5/h3-4H,1-2H3,(H,9,11). The number of hydrogen-bond donors (Lipinski definition) is 1. The summed E-state index contributed by atoms with van der Waals surface area (Å²) < 4.78 is 9.55. The minimum Gasteiger partial charge on any atom is -0.465 e. The number of ether oxygens (including phenoxy) is 1. The van der Waals surface area contributed by atoms with Crippen molar-refractivity contribution in [2.45, 2.75) is 6.92 Å². The Morgan fingerprint density at radius 3 is 2.85 bits per heavy atom. The zero-order valence-electron chi connectivity index (χ0n) is 7.29.